The Morgan fingerprint density at radius 3 is 2.60 bits per heavy atom. The zero-order valence-corrected chi connectivity index (χ0v) is 10.4. The number of unbranched alkanes of at least 4 members (excludes halogenated alkanes) is 1. The average Bonchev–Trinajstić information content (AvgIpc) is 2.14. The number of nitrogens with one attached hydrogen (secondary N) is 1. The van der Waals surface area contributed by atoms with Gasteiger partial charge >= 0.3 is 0 Å². The lowest BCUT2D eigenvalue weighted by atomic mass is 10.1. The van der Waals surface area contributed by atoms with Crippen LogP contribution >= 0.6 is 34.8 Å². The second-order valence-corrected chi connectivity index (χ2v) is 5.19. The van der Waals surface area contributed by atoms with E-state index in [0.29, 0.717) is 12.8 Å². The van der Waals surface area contributed by atoms with Gasteiger partial charge in [-0.2, -0.15) is 0 Å². The largest absolute Gasteiger partial charge is 0.346 e. The Labute approximate surface area is 105 Å². The summed E-state index contributed by atoms with van der Waals surface area (Å²) in [5, 5.41) is 2.54. The van der Waals surface area contributed by atoms with Gasteiger partial charge in [0.2, 0.25) is 0 Å². The first kappa shape index (κ1) is 14.6. The second kappa shape index (κ2) is 7.00. The lowest BCUT2D eigenvalue weighted by Crippen LogP contribution is -2.40. The first-order chi connectivity index (χ1) is 6.91. The Bertz CT molecular complexity index is 265. The van der Waals surface area contributed by atoms with Gasteiger partial charge in [0.1, 0.15) is 0 Å². The summed E-state index contributed by atoms with van der Waals surface area (Å²) in [6.07, 6.45) is 8.80. The third kappa shape index (κ3) is 6.67. The normalized spacial score (nSPS) is 12.7. The van der Waals surface area contributed by atoms with Crippen LogP contribution in [-0.2, 0) is 4.79 Å². The van der Waals surface area contributed by atoms with Crippen LogP contribution in [0.25, 0.3) is 0 Å². The fraction of sp³-hybridized carbons (Fsp3) is 0.500. The van der Waals surface area contributed by atoms with Crippen LogP contribution in [0.3, 0.4) is 0 Å². The van der Waals surface area contributed by atoms with Gasteiger partial charge in [0.15, 0.2) is 0 Å². The first-order valence-electron chi connectivity index (χ1n) is 4.35. The molecule has 0 aliphatic rings. The summed E-state index contributed by atoms with van der Waals surface area (Å²) in [4.78, 5) is 11.3. The summed E-state index contributed by atoms with van der Waals surface area (Å²) < 4.78 is -1.94. The van der Waals surface area contributed by atoms with Crippen molar-refractivity contribution in [2.45, 2.75) is 29.1 Å². The van der Waals surface area contributed by atoms with E-state index in [4.69, 9.17) is 41.2 Å². The Hall–Kier alpha value is -0.360. The van der Waals surface area contributed by atoms with Crippen LogP contribution in [0.4, 0.5) is 0 Å². The fourth-order valence-corrected chi connectivity index (χ4v) is 1.09. The van der Waals surface area contributed by atoms with Gasteiger partial charge < -0.3 is 5.32 Å². The number of rotatable bonds is 5. The van der Waals surface area contributed by atoms with E-state index in [1.54, 1.807) is 6.08 Å². The highest BCUT2D eigenvalue weighted by Crippen LogP contribution is 2.26. The number of halogens is 3. The molecule has 0 spiro atoms. The maximum Gasteiger partial charge on any atom is 0.272 e. The van der Waals surface area contributed by atoms with Crippen LogP contribution in [-0.4, -0.2) is 15.7 Å². The molecule has 2 nitrogen and oxygen atoms in total. The molecular formula is C10H12Cl3NO. The van der Waals surface area contributed by atoms with Gasteiger partial charge in [-0.3, -0.25) is 4.79 Å². The standard InChI is InChI=1S/C10H12Cl3NO/c1-3-5-6-7-8(4-2)14-9(15)10(11,12)13/h1,4,8H,2,5-7H2,(H,14,15). The van der Waals surface area contributed by atoms with Crippen molar-refractivity contribution >= 4 is 40.7 Å². The lowest BCUT2D eigenvalue weighted by Gasteiger charge is -2.17. The quantitative estimate of drug-likeness (QED) is 0.353. The minimum Gasteiger partial charge on any atom is -0.346 e. The molecule has 0 aromatic rings. The molecule has 0 aliphatic heterocycles. The molecule has 1 unspecified atom stereocenters. The van der Waals surface area contributed by atoms with Crippen LogP contribution in [0.5, 0.6) is 0 Å². The molecule has 15 heavy (non-hydrogen) atoms. The maximum atomic E-state index is 11.3. The van der Waals surface area contributed by atoms with Crippen molar-refractivity contribution in [2.24, 2.45) is 0 Å². The molecule has 84 valence electrons. The Morgan fingerprint density at radius 1 is 1.60 bits per heavy atom. The van der Waals surface area contributed by atoms with Gasteiger partial charge in [0.25, 0.3) is 9.70 Å². The molecule has 5 heteroatoms. The summed E-state index contributed by atoms with van der Waals surface area (Å²) >= 11 is 16.2. The number of hydrogen-bond acceptors (Lipinski definition) is 1. The number of hydrogen-bond donors (Lipinski definition) is 1. The topological polar surface area (TPSA) is 29.1 Å². The van der Waals surface area contributed by atoms with E-state index in [9.17, 15) is 4.79 Å². The van der Waals surface area contributed by atoms with Crippen molar-refractivity contribution in [1.29, 1.82) is 0 Å². The molecular weight excluding hydrogens is 256 g/mol. The van der Waals surface area contributed by atoms with E-state index in [0.717, 1.165) is 6.42 Å². The van der Waals surface area contributed by atoms with Crippen molar-refractivity contribution in [3.8, 4) is 12.3 Å². The van der Waals surface area contributed by atoms with Crippen molar-refractivity contribution in [3.63, 3.8) is 0 Å². The number of terminal acetylenes is 1. The van der Waals surface area contributed by atoms with E-state index < -0.39 is 9.70 Å². The smallest absolute Gasteiger partial charge is 0.272 e. The van der Waals surface area contributed by atoms with E-state index in [1.165, 1.54) is 0 Å². The summed E-state index contributed by atoms with van der Waals surface area (Å²) in [6.45, 7) is 3.58. The minimum absolute atomic E-state index is 0.221. The summed E-state index contributed by atoms with van der Waals surface area (Å²) in [7, 11) is 0. The molecule has 0 saturated carbocycles. The molecule has 0 fully saturated rings. The molecule has 0 saturated heterocycles. The van der Waals surface area contributed by atoms with Crippen molar-refractivity contribution in [1.82, 2.24) is 5.32 Å². The van der Waals surface area contributed by atoms with E-state index in [2.05, 4.69) is 17.8 Å². The van der Waals surface area contributed by atoms with Crippen molar-refractivity contribution in [3.05, 3.63) is 12.7 Å². The van der Waals surface area contributed by atoms with E-state index in [-0.39, 0.29) is 6.04 Å². The van der Waals surface area contributed by atoms with Gasteiger partial charge in [0, 0.05) is 12.5 Å². The first-order valence-corrected chi connectivity index (χ1v) is 5.49. The molecule has 1 atom stereocenters. The van der Waals surface area contributed by atoms with Crippen LogP contribution in [0.15, 0.2) is 12.7 Å². The Balaban J connectivity index is 4.06. The molecule has 0 aliphatic carbocycles. The van der Waals surface area contributed by atoms with E-state index in [1.807, 2.05) is 0 Å². The number of alkyl halides is 3. The highest BCUT2D eigenvalue weighted by atomic mass is 35.6. The van der Waals surface area contributed by atoms with E-state index >= 15 is 0 Å². The molecule has 0 radical (unpaired) electrons. The third-order valence-electron chi connectivity index (χ3n) is 1.69. The monoisotopic (exact) mass is 267 g/mol. The second-order valence-electron chi connectivity index (χ2n) is 2.91. The molecule has 0 aromatic heterocycles. The van der Waals surface area contributed by atoms with Gasteiger partial charge in [-0.25, -0.2) is 0 Å². The summed E-state index contributed by atoms with van der Waals surface area (Å²) in [5.74, 6) is 1.85. The number of amides is 1. The molecule has 0 bridgehead atoms. The maximum absolute atomic E-state index is 11.3. The van der Waals surface area contributed by atoms with Gasteiger partial charge in [0.05, 0.1) is 0 Å². The summed E-state index contributed by atoms with van der Waals surface area (Å²) in [6, 6.07) is -0.221. The van der Waals surface area contributed by atoms with Gasteiger partial charge in [-0.05, 0) is 12.8 Å². The predicted molar refractivity (Wildman–Crippen MR) is 65.1 cm³/mol. The van der Waals surface area contributed by atoms with Crippen LogP contribution in [0.2, 0.25) is 0 Å². The number of carbonyl (C=O) groups is 1. The Kier molecular flexibility index (Phi) is 6.84. The number of carbonyl (C=O) groups excluding carboxylic acids is 1. The molecule has 1 amide bonds. The van der Waals surface area contributed by atoms with Crippen molar-refractivity contribution < 1.29 is 4.79 Å². The molecule has 0 aromatic carbocycles. The highest BCUT2D eigenvalue weighted by Gasteiger charge is 2.31. The molecule has 0 heterocycles. The predicted octanol–water partition coefficient (Wildman–Crippen LogP) is 2.83. The van der Waals surface area contributed by atoms with Crippen molar-refractivity contribution in [2.75, 3.05) is 0 Å². The van der Waals surface area contributed by atoms with Gasteiger partial charge in [-0.15, -0.1) is 18.9 Å². The third-order valence-corrected chi connectivity index (χ3v) is 2.21. The van der Waals surface area contributed by atoms with Crippen LogP contribution in [0, 0.1) is 12.3 Å². The summed E-state index contributed by atoms with van der Waals surface area (Å²) in [5.41, 5.74) is 0. The van der Waals surface area contributed by atoms with Gasteiger partial charge in [-0.1, -0.05) is 40.9 Å². The lowest BCUT2D eigenvalue weighted by molar-refractivity contribution is -0.120. The highest BCUT2D eigenvalue weighted by molar-refractivity contribution is 6.76. The van der Waals surface area contributed by atoms with Crippen LogP contribution < -0.4 is 5.32 Å². The molecule has 1 N–H and O–H groups in total. The zero-order valence-electron chi connectivity index (χ0n) is 8.10. The van der Waals surface area contributed by atoms with Crippen LogP contribution in [0.1, 0.15) is 19.3 Å². The Morgan fingerprint density at radius 2 is 2.20 bits per heavy atom. The minimum atomic E-state index is -1.94. The fourth-order valence-electron chi connectivity index (χ4n) is 0.923. The molecule has 0 rings (SSSR count). The SMILES string of the molecule is C#CCCCC(C=C)NC(=O)C(Cl)(Cl)Cl. The average molecular weight is 269 g/mol. The zero-order chi connectivity index (χ0) is 11.9.